The molecule has 0 saturated carbocycles. The van der Waals surface area contributed by atoms with Gasteiger partial charge in [-0.25, -0.2) is 14.6 Å². The Morgan fingerprint density at radius 1 is 0.895 bits per heavy atom. The lowest BCUT2D eigenvalue weighted by Gasteiger charge is -2.33. The third-order valence-electron chi connectivity index (χ3n) is 10.8. The fourth-order valence-corrected chi connectivity index (χ4v) is 7.95. The molecule has 14 heteroatoms. The van der Waals surface area contributed by atoms with Gasteiger partial charge in [0, 0.05) is 48.6 Å². The molecule has 3 aliphatic heterocycles. The van der Waals surface area contributed by atoms with Crippen LogP contribution in [0.5, 0.6) is 11.5 Å². The minimum atomic E-state index is -0.659. The van der Waals surface area contributed by atoms with Crippen molar-refractivity contribution in [3.05, 3.63) is 120 Å². The molecule has 2 aromatic heterocycles. The van der Waals surface area contributed by atoms with E-state index in [1.165, 1.54) is 11.2 Å². The van der Waals surface area contributed by atoms with Crippen molar-refractivity contribution in [1.82, 2.24) is 34.9 Å². The number of benzene rings is 4. The molecule has 0 bridgehead atoms. The van der Waals surface area contributed by atoms with Gasteiger partial charge in [-0.1, -0.05) is 30.3 Å². The zero-order valence-corrected chi connectivity index (χ0v) is 30.9. The van der Waals surface area contributed by atoms with Crippen LogP contribution in [0.1, 0.15) is 53.2 Å². The summed E-state index contributed by atoms with van der Waals surface area (Å²) in [5, 5.41) is 11.4. The molecule has 2 saturated heterocycles. The predicted molar refractivity (Wildman–Crippen MR) is 212 cm³/mol. The van der Waals surface area contributed by atoms with Crippen molar-refractivity contribution in [3.8, 4) is 22.8 Å². The molecule has 4 amide bonds. The fraction of sp³-hybridized carbons (Fsp3) is 0.233. The van der Waals surface area contributed by atoms with Gasteiger partial charge < -0.3 is 25.6 Å². The highest BCUT2D eigenvalue weighted by molar-refractivity contribution is 6.05. The molecule has 0 spiro atoms. The highest BCUT2D eigenvalue weighted by atomic mass is 16.5. The first-order valence-corrected chi connectivity index (χ1v) is 19.0. The summed E-state index contributed by atoms with van der Waals surface area (Å²) >= 11 is 0. The van der Waals surface area contributed by atoms with Crippen molar-refractivity contribution in [1.29, 1.82) is 0 Å². The molecule has 286 valence electrons. The van der Waals surface area contributed by atoms with Crippen LogP contribution in [0.15, 0.2) is 103 Å². The van der Waals surface area contributed by atoms with Crippen LogP contribution < -0.4 is 21.1 Å². The number of nitrogens with two attached hydrogens (primary N) is 1. The second-order valence-corrected chi connectivity index (χ2v) is 14.6. The van der Waals surface area contributed by atoms with Gasteiger partial charge >= 0.3 is 0 Å². The van der Waals surface area contributed by atoms with Gasteiger partial charge in [-0.2, -0.15) is 5.10 Å². The van der Waals surface area contributed by atoms with Crippen molar-refractivity contribution in [2.24, 2.45) is 0 Å². The third kappa shape index (κ3) is 7.12. The van der Waals surface area contributed by atoms with Crippen LogP contribution >= 0.6 is 0 Å². The molecule has 5 heterocycles. The topological polar surface area (TPSA) is 178 Å². The van der Waals surface area contributed by atoms with Crippen molar-refractivity contribution in [2.75, 3.05) is 24.1 Å². The average Bonchev–Trinajstić information content (AvgIpc) is 3.78. The Hall–Kier alpha value is -7.09. The first-order valence-electron chi connectivity index (χ1n) is 19.0. The monoisotopic (exact) mass is 761 g/mol. The predicted octanol–water partition coefficient (Wildman–Crippen LogP) is 5.78. The van der Waals surface area contributed by atoms with Gasteiger partial charge in [-0.05, 0) is 97.1 Å². The van der Waals surface area contributed by atoms with Gasteiger partial charge in [0.25, 0.3) is 5.91 Å². The number of ether oxygens (including phenoxy) is 1. The first-order chi connectivity index (χ1) is 27.8. The maximum absolute atomic E-state index is 13.7. The number of carbonyl (C=O) groups excluding carboxylic acids is 4. The van der Waals surface area contributed by atoms with Gasteiger partial charge in [0.15, 0.2) is 5.65 Å². The number of aromatic nitrogens is 4. The van der Waals surface area contributed by atoms with Crippen LogP contribution in [0.3, 0.4) is 0 Å². The molecule has 0 aliphatic carbocycles. The van der Waals surface area contributed by atoms with Crippen LogP contribution in [0, 0.1) is 0 Å². The van der Waals surface area contributed by atoms with Gasteiger partial charge in [-0.3, -0.25) is 24.5 Å². The Bertz CT molecular complexity index is 2520. The number of carbonyl (C=O) groups is 4. The first kappa shape index (κ1) is 35.6. The molecule has 4 aromatic carbocycles. The molecule has 1 unspecified atom stereocenters. The molecular formula is C43H39N9O5. The Kier molecular flexibility index (Phi) is 9.28. The van der Waals surface area contributed by atoms with Crippen LogP contribution in [-0.2, 0) is 27.3 Å². The summed E-state index contributed by atoms with van der Waals surface area (Å²) in [7, 11) is 0. The summed E-state index contributed by atoms with van der Waals surface area (Å²) in [5.41, 5.74) is 12.5. The molecule has 57 heavy (non-hydrogen) atoms. The Morgan fingerprint density at radius 2 is 1.67 bits per heavy atom. The Morgan fingerprint density at radius 3 is 2.46 bits per heavy atom. The molecule has 6 aromatic rings. The van der Waals surface area contributed by atoms with E-state index in [9.17, 15) is 19.2 Å². The number of hydrogen-bond donors (Lipinski definition) is 3. The van der Waals surface area contributed by atoms with E-state index >= 15 is 0 Å². The smallest absolute Gasteiger partial charge is 0.255 e. The van der Waals surface area contributed by atoms with Gasteiger partial charge in [0.1, 0.15) is 35.4 Å². The number of amides is 4. The zero-order valence-electron chi connectivity index (χ0n) is 30.9. The molecule has 4 N–H and O–H groups in total. The molecule has 3 aliphatic rings. The summed E-state index contributed by atoms with van der Waals surface area (Å²) in [5.74, 6) is 0.867. The van der Waals surface area contributed by atoms with E-state index in [-0.39, 0.29) is 36.6 Å². The number of para-hydroxylation sites is 1. The SMILES string of the molecule is Nc1ncnc2c1c(-c1ccc(Oc3ccccc3)cc1)nn2[C@@H]1CCCN(C(=O)Cc2ccc(Nc3ccc4c(c3)CN(C3CCC(=O)NC3=O)C4=O)cc2)C1. The van der Waals surface area contributed by atoms with Gasteiger partial charge in [0.2, 0.25) is 17.7 Å². The van der Waals surface area contributed by atoms with Crippen molar-refractivity contribution in [2.45, 2.75) is 50.7 Å². The van der Waals surface area contributed by atoms with Crippen LogP contribution in [0.2, 0.25) is 0 Å². The average molecular weight is 762 g/mol. The second kappa shape index (κ2) is 14.9. The number of anilines is 3. The van der Waals surface area contributed by atoms with E-state index in [1.54, 1.807) is 6.07 Å². The highest BCUT2D eigenvalue weighted by Crippen LogP contribution is 2.35. The molecule has 14 nitrogen and oxygen atoms in total. The van der Waals surface area contributed by atoms with Crippen LogP contribution in [0.25, 0.3) is 22.3 Å². The van der Waals surface area contributed by atoms with E-state index in [1.807, 2.05) is 101 Å². The van der Waals surface area contributed by atoms with Crippen LogP contribution in [-0.4, -0.2) is 72.3 Å². The highest BCUT2D eigenvalue weighted by Gasteiger charge is 2.39. The number of imide groups is 1. The number of hydrogen-bond acceptors (Lipinski definition) is 10. The maximum Gasteiger partial charge on any atom is 0.255 e. The molecule has 0 radical (unpaired) electrons. The van der Waals surface area contributed by atoms with Gasteiger partial charge in [-0.15, -0.1) is 0 Å². The number of likely N-dealkylation sites (tertiary alicyclic amines) is 1. The Labute approximate surface area is 327 Å². The summed E-state index contributed by atoms with van der Waals surface area (Å²) in [6, 6.07) is 29.8. The second-order valence-electron chi connectivity index (χ2n) is 14.6. The van der Waals surface area contributed by atoms with E-state index in [0.717, 1.165) is 46.7 Å². The summed E-state index contributed by atoms with van der Waals surface area (Å²) in [6.07, 6.45) is 3.88. The number of piperidine rings is 2. The largest absolute Gasteiger partial charge is 0.457 e. The fourth-order valence-electron chi connectivity index (χ4n) is 7.95. The van der Waals surface area contributed by atoms with E-state index in [0.29, 0.717) is 59.9 Å². The zero-order chi connectivity index (χ0) is 39.0. The third-order valence-corrected chi connectivity index (χ3v) is 10.8. The van der Waals surface area contributed by atoms with E-state index < -0.39 is 11.9 Å². The Balaban J connectivity index is 0.849. The van der Waals surface area contributed by atoms with E-state index in [2.05, 4.69) is 20.6 Å². The summed E-state index contributed by atoms with van der Waals surface area (Å²) in [4.78, 5) is 63.1. The molecule has 2 atom stereocenters. The summed E-state index contributed by atoms with van der Waals surface area (Å²) < 4.78 is 7.89. The number of rotatable bonds is 9. The summed E-state index contributed by atoms with van der Waals surface area (Å²) in [6.45, 7) is 1.44. The maximum atomic E-state index is 13.7. The lowest BCUT2D eigenvalue weighted by atomic mass is 10.0. The van der Waals surface area contributed by atoms with Crippen molar-refractivity contribution < 1.29 is 23.9 Å². The van der Waals surface area contributed by atoms with Crippen molar-refractivity contribution in [3.63, 3.8) is 0 Å². The normalized spacial score (nSPS) is 18.1. The van der Waals surface area contributed by atoms with E-state index in [4.69, 9.17) is 15.6 Å². The number of fused-ring (bicyclic) bond motifs is 2. The quantitative estimate of drug-likeness (QED) is 0.153. The minimum absolute atomic E-state index is 0.0316. The van der Waals surface area contributed by atoms with Crippen molar-refractivity contribution >= 4 is 51.9 Å². The lowest BCUT2D eigenvalue weighted by Crippen LogP contribution is -2.52. The van der Waals surface area contributed by atoms with Crippen LogP contribution in [0.4, 0.5) is 17.2 Å². The molecular weight excluding hydrogens is 723 g/mol. The number of nitrogens with zero attached hydrogens (tertiary/aromatic N) is 6. The number of nitrogen functional groups attached to an aromatic ring is 1. The number of nitrogens with one attached hydrogen (secondary N) is 2. The lowest BCUT2D eigenvalue weighted by molar-refractivity contribution is -0.137. The van der Waals surface area contributed by atoms with Gasteiger partial charge in [0.05, 0.1) is 17.8 Å². The molecule has 2 fully saturated rings. The molecule has 9 rings (SSSR count). The minimum Gasteiger partial charge on any atom is -0.457 e. The standard InChI is InChI=1S/C43H39N9O5/c44-40-38-39(27-10-15-33(16-11-27)57-32-6-2-1-3-7-32)49-52(41(38)46-25-45-40)31-5-4-20-50(24-31)37(54)21-26-8-12-29(13-9-26)47-30-14-17-34-28(22-30)23-51(43(34)56)35-18-19-36(53)48-42(35)55/h1-3,6-17,22,25,31,35,47H,4-5,18-21,23-24H2,(H2,44,45,46)(H,48,53,55)/t31-,35?/m1/s1.